The molecular weight excluding hydrogens is 202 g/mol. The summed E-state index contributed by atoms with van der Waals surface area (Å²) in [5, 5.41) is 0. The van der Waals surface area contributed by atoms with Crippen LogP contribution < -0.4 is 16.2 Å². The Labute approximate surface area is 96.0 Å². The molecule has 2 heterocycles. The minimum Gasteiger partial charge on any atom is -0.341 e. The van der Waals surface area contributed by atoms with E-state index in [1.165, 1.54) is 12.8 Å². The summed E-state index contributed by atoms with van der Waals surface area (Å²) < 4.78 is 0. The SMILES string of the molecule is CCCc1cc(NN)nc(N2CCCC2)n1. The van der Waals surface area contributed by atoms with Crippen molar-refractivity contribution in [3.8, 4) is 0 Å². The first kappa shape index (κ1) is 11.1. The Morgan fingerprint density at radius 3 is 2.75 bits per heavy atom. The van der Waals surface area contributed by atoms with Crippen LogP contribution in [0.3, 0.4) is 0 Å². The van der Waals surface area contributed by atoms with Crippen molar-refractivity contribution in [3.05, 3.63) is 11.8 Å². The lowest BCUT2D eigenvalue weighted by Crippen LogP contribution is -2.22. The number of nitrogen functional groups attached to an aromatic ring is 1. The molecule has 2 rings (SSSR count). The third-order valence-electron chi connectivity index (χ3n) is 2.81. The van der Waals surface area contributed by atoms with Crippen molar-refractivity contribution in [1.29, 1.82) is 0 Å². The van der Waals surface area contributed by atoms with E-state index in [1.807, 2.05) is 6.07 Å². The van der Waals surface area contributed by atoms with E-state index in [9.17, 15) is 0 Å². The maximum atomic E-state index is 5.42. The van der Waals surface area contributed by atoms with Crippen molar-refractivity contribution in [2.75, 3.05) is 23.4 Å². The smallest absolute Gasteiger partial charge is 0.227 e. The number of hydrogen-bond donors (Lipinski definition) is 2. The van der Waals surface area contributed by atoms with Gasteiger partial charge >= 0.3 is 0 Å². The maximum Gasteiger partial charge on any atom is 0.227 e. The minimum absolute atomic E-state index is 0.709. The Balaban J connectivity index is 2.24. The zero-order chi connectivity index (χ0) is 11.4. The van der Waals surface area contributed by atoms with Gasteiger partial charge in [0.05, 0.1) is 0 Å². The van der Waals surface area contributed by atoms with Gasteiger partial charge in [0, 0.05) is 24.8 Å². The molecule has 1 saturated heterocycles. The standard InChI is InChI=1S/C11H19N5/c1-2-5-9-8-10(15-12)14-11(13-9)16-6-3-4-7-16/h8H,2-7,12H2,1H3,(H,13,14,15). The number of nitrogens with one attached hydrogen (secondary N) is 1. The summed E-state index contributed by atoms with van der Waals surface area (Å²) in [6.45, 7) is 4.26. The summed E-state index contributed by atoms with van der Waals surface area (Å²) in [6.07, 6.45) is 4.51. The first-order valence-corrected chi connectivity index (χ1v) is 5.93. The highest BCUT2D eigenvalue weighted by molar-refractivity contribution is 5.43. The zero-order valence-corrected chi connectivity index (χ0v) is 9.74. The van der Waals surface area contributed by atoms with Crippen LogP contribution >= 0.6 is 0 Å². The predicted octanol–water partition coefficient (Wildman–Crippen LogP) is 1.31. The molecule has 0 radical (unpaired) electrons. The first-order valence-electron chi connectivity index (χ1n) is 5.93. The van der Waals surface area contributed by atoms with E-state index in [2.05, 4.69) is 27.2 Å². The predicted molar refractivity (Wildman–Crippen MR) is 65.3 cm³/mol. The van der Waals surface area contributed by atoms with E-state index in [4.69, 9.17) is 5.84 Å². The van der Waals surface area contributed by atoms with Crippen LogP contribution in [0.15, 0.2) is 6.07 Å². The van der Waals surface area contributed by atoms with Gasteiger partial charge in [-0.2, -0.15) is 4.98 Å². The monoisotopic (exact) mass is 221 g/mol. The van der Waals surface area contributed by atoms with Gasteiger partial charge in [0.15, 0.2) is 0 Å². The summed E-state index contributed by atoms with van der Waals surface area (Å²) in [7, 11) is 0. The lowest BCUT2D eigenvalue weighted by Gasteiger charge is -2.16. The molecule has 0 aliphatic carbocycles. The maximum absolute atomic E-state index is 5.42. The van der Waals surface area contributed by atoms with Crippen LogP contribution in [0, 0.1) is 0 Å². The number of aromatic nitrogens is 2. The van der Waals surface area contributed by atoms with Crippen molar-refractivity contribution in [2.24, 2.45) is 5.84 Å². The average molecular weight is 221 g/mol. The topological polar surface area (TPSA) is 67.1 Å². The highest BCUT2D eigenvalue weighted by Gasteiger charge is 2.16. The number of nitrogens with zero attached hydrogens (tertiary/aromatic N) is 3. The molecule has 0 amide bonds. The van der Waals surface area contributed by atoms with Crippen LogP contribution in [-0.2, 0) is 6.42 Å². The van der Waals surface area contributed by atoms with Gasteiger partial charge in [-0.05, 0) is 19.3 Å². The number of aryl methyl sites for hydroxylation is 1. The molecular formula is C11H19N5. The molecule has 0 spiro atoms. The molecule has 5 nitrogen and oxygen atoms in total. The Bertz CT molecular complexity index is 346. The van der Waals surface area contributed by atoms with E-state index in [-0.39, 0.29) is 0 Å². The van der Waals surface area contributed by atoms with Crippen molar-refractivity contribution in [1.82, 2.24) is 9.97 Å². The van der Waals surface area contributed by atoms with Gasteiger partial charge in [-0.15, -0.1) is 0 Å². The Kier molecular flexibility index (Phi) is 3.56. The molecule has 3 N–H and O–H groups in total. The molecule has 1 aromatic rings. The van der Waals surface area contributed by atoms with E-state index >= 15 is 0 Å². The second kappa shape index (κ2) is 5.12. The fourth-order valence-corrected chi connectivity index (χ4v) is 2.00. The number of hydrogen-bond acceptors (Lipinski definition) is 5. The molecule has 0 saturated carbocycles. The lowest BCUT2D eigenvalue weighted by molar-refractivity contribution is 0.838. The molecule has 0 aromatic carbocycles. The zero-order valence-electron chi connectivity index (χ0n) is 9.74. The molecule has 1 fully saturated rings. The third-order valence-corrected chi connectivity index (χ3v) is 2.81. The van der Waals surface area contributed by atoms with Gasteiger partial charge in [0.2, 0.25) is 5.95 Å². The Morgan fingerprint density at radius 2 is 2.12 bits per heavy atom. The molecule has 88 valence electrons. The fraction of sp³-hybridized carbons (Fsp3) is 0.636. The number of hydrazine groups is 1. The Hall–Kier alpha value is -1.36. The summed E-state index contributed by atoms with van der Waals surface area (Å²) in [5.41, 5.74) is 3.67. The van der Waals surface area contributed by atoms with Gasteiger partial charge < -0.3 is 10.3 Å². The van der Waals surface area contributed by atoms with Crippen molar-refractivity contribution in [2.45, 2.75) is 32.6 Å². The van der Waals surface area contributed by atoms with E-state index in [0.29, 0.717) is 5.82 Å². The molecule has 1 aliphatic rings. The van der Waals surface area contributed by atoms with E-state index in [1.54, 1.807) is 0 Å². The van der Waals surface area contributed by atoms with Gasteiger partial charge in [-0.3, -0.25) is 0 Å². The van der Waals surface area contributed by atoms with Crippen LogP contribution in [0.4, 0.5) is 11.8 Å². The molecule has 0 bridgehead atoms. The lowest BCUT2D eigenvalue weighted by atomic mass is 10.2. The molecule has 0 unspecified atom stereocenters. The summed E-state index contributed by atoms with van der Waals surface area (Å²) in [6, 6.07) is 1.92. The van der Waals surface area contributed by atoms with Gasteiger partial charge in [0.25, 0.3) is 0 Å². The summed E-state index contributed by atoms with van der Waals surface area (Å²) in [5.74, 6) is 6.95. The molecule has 16 heavy (non-hydrogen) atoms. The quantitative estimate of drug-likeness (QED) is 0.593. The number of anilines is 2. The van der Waals surface area contributed by atoms with Crippen molar-refractivity contribution >= 4 is 11.8 Å². The van der Waals surface area contributed by atoms with Crippen molar-refractivity contribution < 1.29 is 0 Å². The average Bonchev–Trinajstić information content (AvgIpc) is 2.82. The molecule has 1 aromatic heterocycles. The summed E-state index contributed by atoms with van der Waals surface area (Å²) in [4.78, 5) is 11.2. The van der Waals surface area contributed by atoms with Crippen LogP contribution in [-0.4, -0.2) is 23.1 Å². The van der Waals surface area contributed by atoms with Crippen LogP contribution in [0.25, 0.3) is 0 Å². The van der Waals surface area contributed by atoms with Crippen LogP contribution in [0.1, 0.15) is 31.9 Å². The highest BCUT2D eigenvalue weighted by atomic mass is 15.3. The van der Waals surface area contributed by atoms with E-state index in [0.717, 1.165) is 37.6 Å². The Morgan fingerprint density at radius 1 is 1.38 bits per heavy atom. The number of nitrogens with two attached hydrogens (primary N) is 1. The second-order valence-electron chi connectivity index (χ2n) is 4.13. The van der Waals surface area contributed by atoms with Gasteiger partial charge in [0.1, 0.15) is 5.82 Å². The van der Waals surface area contributed by atoms with E-state index < -0.39 is 0 Å². The molecule has 5 heteroatoms. The van der Waals surface area contributed by atoms with Gasteiger partial charge in [-0.1, -0.05) is 13.3 Å². The third kappa shape index (κ3) is 2.41. The molecule has 1 aliphatic heterocycles. The second-order valence-corrected chi connectivity index (χ2v) is 4.13. The number of rotatable bonds is 4. The van der Waals surface area contributed by atoms with Crippen molar-refractivity contribution in [3.63, 3.8) is 0 Å². The summed E-state index contributed by atoms with van der Waals surface area (Å²) >= 11 is 0. The van der Waals surface area contributed by atoms with Crippen LogP contribution in [0.5, 0.6) is 0 Å². The van der Waals surface area contributed by atoms with Gasteiger partial charge in [-0.25, -0.2) is 10.8 Å². The molecule has 0 atom stereocenters. The first-order chi connectivity index (χ1) is 7.83. The minimum atomic E-state index is 0.709. The highest BCUT2D eigenvalue weighted by Crippen LogP contribution is 2.18. The fourth-order valence-electron chi connectivity index (χ4n) is 2.00. The largest absolute Gasteiger partial charge is 0.341 e. The normalized spacial score (nSPS) is 15.5. The van der Waals surface area contributed by atoms with Crippen LogP contribution in [0.2, 0.25) is 0 Å².